The van der Waals surface area contributed by atoms with E-state index in [-0.39, 0.29) is 6.17 Å². The quantitative estimate of drug-likeness (QED) is 0.591. The second-order valence-electron chi connectivity index (χ2n) is 6.90. The van der Waals surface area contributed by atoms with Crippen LogP contribution in [0.15, 0.2) is 91.1 Å². The Balaban J connectivity index is 1.80. The summed E-state index contributed by atoms with van der Waals surface area (Å²) in [5.74, 6) is 0. The number of hydrogen-bond acceptors (Lipinski definition) is 2. The lowest BCUT2D eigenvalue weighted by atomic mass is 10.1. The van der Waals surface area contributed by atoms with Crippen LogP contribution in [0.25, 0.3) is 0 Å². The van der Waals surface area contributed by atoms with Gasteiger partial charge in [-0.2, -0.15) is 0 Å². The van der Waals surface area contributed by atoms with Gasteiger partial charge in [-0.1, -0.05) is 65.7 Å². The van der Waals surface area contributed by atoms with E-state index in [9.17, 15) is 0 Å². The fourth-order valence-electron chi connectivity index (χ4n) is 3.50. The lowest BCUT2D eigenvalue weighted by Crippen LogP contribution is -2.42. The number of aryl methyl sites for hydroxylation is 2. The molecule has 130 valence electrons. The molecular formula is C24H24N2. The van der Waals surface area contributed by atoms with E-state index in [1.54, 1.807) is 0 Å². The van der Waals surface area contributed by atoms with Crippen LogP contribution in [0.5, 0.6) is 0 Å². The molecule has 0 aromatic heterocycles. The first-order valence-corrected chi connectivity index (χ1v) is 9.12. The third-order valence-electron chi connectivity index (χ3n) is 4.92. The molecule has 26 heavy (non-hydrogen) atoms. The largest absolute Gasteiger partial charge is 0.343 e. The third kappa shape index (κ3) is 3.23. The second kappa shape index (κ2) is 7.09. The van der Waals surface area contributed by atoms with Crippen LogP contribution >= 0.6 is 0 Å². The van der Waals surface area contributed by atoms with Crippen molar-refractivity contribution in [3.8, 4) is 0 Å². The summed E-state index contributed by atoms with van der Waals surface area (Å²) in [5.41, 5.74) is 6.30. The molecule has 1 unspecified atom stereocenters. The number of rotatable bonds is 3. The summed E-state index contributed by atoms with van der Waals surface area (Å²) in [6, 6.07) is 28.3. The van der Waals surface area contributed by atoms with E-state index in [1.165, 1.54) is 28.1 Å². The lowest BCUT2D eigenvalue weighted by Gasteiger charge is -2.43. The monoisotopic (exact) mass is 340 g/mol. The summed E-state index contributed by atoms with van der Waals surface area (Å²) in [5, 5.41) is 0. The van der Waals surface area contributed by atoms with Gasteiger partial charge in [0.2, 0.25) is 0 Å². The lowest BCUT2D eigenvalue weighted by molar-refractivity contribution is 0.631. The van der Waals surface area contributed by atoms with E-state index >= 15 is 0 Å². The molecule has 1 atom stereocenters. The first-order valence-electron chi connectivity index (χ1n) is 9.12. The van der Waals surface area contributed by atoms with E-state index in [4.69, 9.17) is 0 Å². The molecule has 2 heteroatoms. The van der Waals surface area contributed by atoms with E-state index in [0.29, 0.717) is 0 Å². The van der Waals surface area contributed by atoms with Gasteiger partial charge in [-0.05, 0) is 49.8 Å². The molecule has 1 aliphatic heterocycles. The summed E-state index contributed by atoms with van der Waals surface area (Å²) in [6.07, 6.45) is 4.58. The van der Waals surface area contributed by atoms with Crippen LogP contribution in [0.4, 0.5) is 11.4 Å². The van der Waals surface area contributed by atoms with Gasteiger partial charge in [0.25, 0.3) is 0 Å². The van der Waals surface area contributed by atoms with E-state index in [0.717, 1.165) is 6.54 Å². The van der Waals surface area contributed by atoms with Crippen molar-refractivity contribution in [2.75, 3.05) is 16.3 Å². The normalized spacial score (nSPS) is 16.8. The van der Waals surface area contributed by atoms with Crippen molar-refractivity contribution in [1.82, 2.24) is 0 Å². The van der Waals surface area contributed by atoms with Crippen molar-refractivity contribution in [3.63, 3.8) is 0 Å². The van der Waals surface area contributed by atoms with Gasteiger partial charge in [-0.25, -0.2) is 0 Å². The standard InChI is InChI=1S/C24H24N2/c1-19-9-13-22(14-10-19)25-17-6-18-26(23-15-11-20(2)12-16-23)24(25)21-7-4-3-5-8-21/h3-17,24H,18H2,1-2H3. The minimum Gasteiger partial charge on any atom is -0.343 e. The molecule has 1 heterocycles. The maximum atomic E-state index is 2.45. The van der Waals surface area contributed by atoms with Crippen molar-refractivity contribution in [2.45, 2.75) is 20.0 Å². The van der Waals surface area contributed by atoms with Gasteiger partial charge in [-0.3, -0.25) is 0 Å². The Morgan fingerprint density at radius 2 is 1.27 bits per heavy atom. The highest BCUT2D eigenvalue weighted by Crippen LogP contribution is 2.36. The number of anilines is 2. The van der Waals surface area contributed by atoms with Crippen LogP contribution in [-0.4, -0.2) is 6.54 Å². The van der Waals surface area contributed by atoms with Gasteiger partial charge in [0.05, 0.1) is 0 Å². The Morgan fingerprint density at radius 3 is 1.88 bits per heavy atom. The molecule has 0 N–H and O–H groups in total. The third-order valence-corrected chi connectivity index (χ3v) is 4.92. The minimum atomic E-state index is 0.131. The average molecular weight is 340 g/mol. The zero-order chi connectivity index (χ0) is 17.9. The smallest absolute Gasteiger partial charge is 0.132 e. The van der Waals surface area contributed by atoms with Crippen molar-refractivity contribution in [1.29, 1.82) is 0 Å². The molecule has 0 saturated heterocycles. The topological polar surface area (TPSA) is 6.48 Å². The maximum absolute atomic E-state index is 2.45. The van der Waals surface area contributed by atoms with Crippen LogP contribution in [0, 0.1) is 13.8 Å². The molecule has 0 saturated carbocycles. The number of hydrogen-bond donors (Lipinski definition) is 0. The van der Waals surface area contributed by atoms with Gasteiger partial charge in [-0.15, -0.1) is 0 Å². The first-order chi connectivity index (χ1) is 12.7. The van der Waals surface area contributed by atoms with Crippen molar-refractivity contribution in [3.05, 3.63) is 108 Å². The van der Waals surface area contributed by atoms with Crippen LogP contribution in [-0.2, 0) is 0 Å². The highest BCUT2D eigenvalue weighted by atomic mass is 15.4. The highest BCUT2D eigenvalue weighted by Gasteiger charge is 2.28. The Bertz CT molecular complexity index is 880. The first kappa shape index (κ1) is 16.5. The molecule has 0 spiro atoms. The van der Waals surface area contributed by atoms with Crippen molar-refractivity contribution < 1.29 is 0 Å². The molecular weight excluding hydrogens is 316 g/mol. The Labute approximate surface area is 156 Å². The zero-order valence-electron chi connectivity index (χ0n) is 15.3. The molecule has 4 rings (SSSR count). The summed E-state index contributed by atoms with van der Waals surface area (Å²) >= 11 is 0. The van der Waals surface area contributed by atoms with Crippen LogP contribution in [0.1, 0.15) is 22.9 Å². The average Bonchev–Trinajstić information content (AvgIpc) is 2.69. The summed E-state index contributed by atoms with van der Waals surface area (Å²) in [6.45, 7) is 5.15. The van der Waals surface area contributed by atoms with Gasteiger partial charge < -0.3 is 9.80 Å². The summed E-state index contributed by atoms with van der Waals surface area (Å²) in [4.78, 5) is 4.81. The fraction of sp³-hybridized carbons (Fsp3) is 0.167. The molecule has 3 aromatic carbocycles. The van der Waals surface area contributed by atoms with Crippen LogP contribution in [0.3, 0.4) is 0 Å². The number of benzene rings is 3. The van der Waals surface area contributed by atoms with Crippen molar-refractivity contribution in [2.24, 2.45) is 0 Å². The van der Waals surface area contributed by atoms with Crippen LogP contribution in [0.2, 0.25) is 0 Å². The van der Waals surface area contributed by atoms with Gasteiger partial charge in [0, 0.05) is 24.1 Å². The molecule has 2 nitrogen and oxygen atoms in total. The summed E-state index contributed by atoms with van der Waals surface area (Å²) in [7, 11) is 0. The molecule has 1 aliphatic rings. The van der Waals surface area contributed by atoms with E-state index < -0.39 is 0 Å². The number of nitrogens with zero attached hydrogens (tertiary/aromatic N) is 2. The minimum absolute atomic E-state index is 0.131. The van der Waals surface area contributed by atoms with Gasteiger partial charge >= 0.3 is 0 Å². The molecule has 0 aliphatic carbocycles. The Morgan fingerprint density at radius 1 is 0.692 bits per heavy atom. The Kier molecular flexibility index (Phi) is 4.49. The SMILES string of the molecule is Cc1ccc(N2C=CCN(c3ccc(C)cc3)C2c2ccccc2)cc1. The van der Waals surface area contributed by atoms with E-state index in [2.05, 4.69) is 115 Å². The maximum Gasteiger partial charge on any atom is 0.132 e. The van der Waals surface area contributed by atoms with Crippen molar-refractivity contribution >= 4 is 11.4 Å². The molecule has 0 amide bonds. The molecule has 0 bridgehead atoms. The molecule has 0 fully saturated rings. The highest BCUT2D eigenvalue weighted by molar-refractivity contribution is 5.60. The zero-order valence-corrected chi connectivity index (χ0v) is 15.3. The summed E-state index contributed by atoms with van der Waals surface area (Å²) < 4.78 is 0. The molecule has 0 radical (unpaired) electrons. The predicted octanol–water partition coefficient (Wildman–Crippen LogP) is 5.84. The predicted molar refractivity (Wildman–Crippen MR) is 111 cm³/mol. The Hall–Kier alpha value is -3.00. The van der Waals surface area contributed by atoms with Gasteiger partial charge in [0.1, 0.15) is 6.17 Å². The van der Waals surface area contributed by atoms with Gasteiger partial charge in [0.15, 0.2) is 0 Å². The molecule has 3 aromatic rings. The van der Waals surface area contributed by atoms with E-state index in [1.807, 2.05) is 0 Å². The second-order valence-corrected chi connectivity index (χ2v) is 6.90. The fourth-order valence-corrected chi connectivity index (χ4v) is 3.50. The van der Waals surface area contributed by atoms with Crippen LogP contribution < -0.4 is 9.80 Å².